The SMILES string of the molecule is c1ccc(-c2nc(-c3ccccc3)nc(-c3cccc(-c4cccc(-n5c6ccc7ccccc7c6c6c7ccccc7ccc65)c4)c3)n2)cc1. The van der Waals surface area contributed by atoms with Crippen LogP contribution in [0.4, 0.5) is 0 Å². The molecule has 0 radical (unpaired) electrons. The van der Waals surface area contributed by atoms with Crippen LogP contribution in [0.1, 0.15) is 0 Å². The molecule has 0 bridgehead atoms. The second-order valence-corrected chi connectivity index (χ2v) is 12.9. The van der Waals surface area contributed by atoms with Crippen molar-refractivity contribution >= 4 is 43.4 Å². The molecule has 2 aromatic heterocycles. The Kier molecular flexibility index (Phi) is 6.78. The van der Waals surface area contributed by atoms with Crippen LogP contribution >= 0.6 is 0 Å². The van der Waals surface area contributed by atoms with Gasteiger partial charge in [0.15, 0.2) is 17.5 Å². The molecule has 0 N–H and O–H groups in total. The molecular weight excluding hydrogens is 621 g/mol. The van der Waals surface area contributed by atoms with E-state index in [9.17, 15) is 0 Å². The average molecular weight is 651 g/mol. The van der Waals surface area contributed by atoms with Gasteiger partial charge < -0.3 is 4.57 Å². The number of nitrogens with zero attached hydrogens (tertiary/aromatic N) is 4. The fourth-order valence-corrected chi connectivity index (χ4v) is 7.43. The van der Waals surface area contributed by atoms with E-state index in [-0.39, 0.29) is 0 Å². The van der Waals surface area contributed by atoms with Crippen molar-refractivity contribution in [2.24, 2.45) is 0 Å². The predicted molar refractivity (Wildman–Crippen MR) is 211 cm³/mol. The molecule has 51 heavy (non-hydrogen) atoms. The number of aromatic nitrogens is 4. The highest BCUT2D eigenvalue weighted by Crippen LogP contribution is 2.41. The first kappa shape index (κ1) is 29.0. The lowest BCUT2D eigenvalue weighted by atomic mass is 10.00. The molecule has 0 aliphatic heterocycles. The molecule has 0 saturated heterocycles. The predicted octanol–water partition coefficient (Wildman–Crippen LogP) is 11.9. The standard InChI is InChI=1S/C47H30N4/c1-3-15-33(16-4-1)45-48-46(34-17-5-2-6-18-34)50-47(49-45)37-21-11-19-35(29-37)36-20-12-22-38(30-36)51-41-27-25-31-13-7-9-23-39(31)43(41)44-40-24-10-8-14-32(40)26-28-42(44)51/h1-30H. The van der Waals surface area contributed by atoms with Crippen LogP contribution in [0.2, 0.25) is 0 Å². The van der Waals surface area contributed by atoms with Gasteiger partial charge in [0.2, 0.25) is 0 Å². The van der Waals surface area contributed by atoms with Gasteiger partial charge in [-0.15, -0.1) is 0 Å². The van der Waals surface area contributed by atoms with Crippen molar-refractivity contribution in [2.45, 2.75) is 0 Å². The first-order chi connectivity index (χ1) is 25.3. The molecule has 0 fully saturated rings. The number of hydrogen-bond donors (Lipinski definition) is 0. The van der Waals surface area contributed by atoms with Gasteiger partial charge in [0.25, 0.3) is 0 Å². The topological polar surface area (TPSA) is 43.6 Å². The van der Waals surface area contributed by atoms with Crippen LogP contribution in [-0.2, 0) is 0 Å². The molecule has 4 heteroatoms. The summed E-state index contributed by atoms with van der Waals surface area (Å²) in [6, 6.07) is 64.0. The first-order valence-electron chi connectivity index (χ1n) is 17.2. The Labute approximate surface area is 295 Å². The highest BCUT2D eigenvalue weighted by Gasteiger charge is 2.18. The molecule has 0 amide bonds. The monoisotopic (exact) mass is 650 g/mol. The lowest BCUT2D eigenvalue weighted by Crippen LogP contribution is -2.00. The molecule has 0 spiro atoms. The largest absolute Gasteiger partial charge is 0.309 e. The molecule has 8 aromatic carbocycles. The molecule has 10 rings (SSSR count). The smallest absolute Gasteiger partial charge is 0.164 e. The summed E-state index contributed by atoms with van der Waals surface area (Å²) in [6.45, 7) is 0. The summed E-state index contributed by atoms with van der Waals surface area (Å²) in [6.07, 6.45) is 0. The zero-order valence-corrected chi connectivity index (χ0v) is 27.6. The molecule has 0 aliphatic carbocycles. The van der Waals surface area contributed by atoms with Crippen LogP contribution in [0, 0.1) is 0 Å². The Bertz CT molecular complexity index is 2760. The van der Waals surface area contributed by atoms with Gasteiger partial charge >= 0.3 is 0 Å². The maximum atomic E-state index is 4.98. The van der Waals surface area contributed by atoms with Crippen LogP contribution in [0.3, 0.4) is 0 Å². The molecule has 4 nitrogen and oxygen atoms in total. The number of fused-ring (bicyclic) bond motifs is 7. The van der Waals surface area contributed by atoms with Gasteiger partial charge in [0.05, 0.1) is 11.0 Å². The minimum Gasteiger partial charge on any atom is -0.309 e. The minimum absolute atomic E-state index is 0.641. The van der Waals surface area contributed by atoms with E-state index in [0.717, 1.165) is 33.5 Å². The summed E-state index contributed by atoms with van der Waals surface area (Å²) in [7, 11) is 0. The Hall–Kier alpha value is -6.91. The van der Waals surface area contributed by atoms with Crippen molar-refractivity contribution in [3.63, 3.8) is 0 Å². The van der Waals surface area contributed by atoms with E-state index in [2.05, 4.69) is 126 Å². The quantitative estimate of drug-likeness (QED) is 0.186. The highest BCUT2D eigenvalue weighted by molar-refractivity contribution is 6.28. The summed E-state index contributed by atoms with van der Waals surface area (Å²) >= 11 is 0. The summed E-state index contributed by atoms with van der Waals surface area (Å²) in [5.41, 5.74) is 8.55. The molecule has 0 aliphatic rings. The molecule has 0 unspecified atom stereocenters. The van der Waals surface area contributed by atoms with E-state index in [1.165, 1.54) is 43.4 Å². The summed E-state index contributed by atoms with van der Waals surface area (Å²) in [4.78, 5) is 14.9. The van der Waals surface area contributed by atoms with E-state index in [4.69, 9.17) is 15.0 Å². The third kappa shape index (κ3) is 4.96. The van der Waals surface area contributed by atoms with Gasteiger partial charge in [-0.3, -0.25) is 0 Å². The summed E-state index contributed by atoms with van der Waals surface area (Å²) in [5.74, 6) is 1.94. The Morgan fingerprint density at radius 2 is 0.745 bits per heavy atom. The van der Waals surface area contributed by atoms with Crippen LogP contribution < -0.4 is 0 Å². The molecule has 0 saturated carbocycles. The normalized spacial score (nSPS) is 11.5. The fourth-order valence-electron chi connectivity index (χ4n) is 7.43. The zero-order valence-electron chi connectivity index (χ0n) is 27.6. The van der Waals surface area contributed by atoms with Crippen molar-refractivity contribution in [1.29, 1.82) is 0 Å². The van der Waals surface area contributed by atoms with E-state index >= 15 is 0 Å². The van der Waals surface area contributed by atoms with Crippen molar-refractivity contribution < 1.29 is 0 Å². The molecule has 238 valence electrons. The molecule has 0 atom stereocenters. The van der Waals surface area contributed by atoms with Crippen molar-refractivity contribution in [3.05, 3.63) is 182 Å². The van der Waals surface area contributed by atoms with Crippen LogP contribution in [0.25, 0.3) is 94.3 Å². The van der Waals surface area contributed by atoms with Gasteiger partial charge in [-0.25, -0.2) is 15.0 Å². The maximum Gasteiger partial charge on any atom is 0.164 e. The van der Waals surface area contributed by atoms with Gasteiger partial charge in [-0.2, -0.15) is 0 Å². The van der Waals surface area contributed by atoms with Gasteiger partial charge in [-0.1, -0.05) is 152 Å². The molecular formula is C47H30N4. The van der Waals surface area contributed by atoms with Gasteiger partial charge in [-0.05, 0) is 63.0 Å². The second-order valence-electron chi connectivity index (χ2n) is 12.9. The summed E-state index contributed by atoms with van der Waals surface area (Å²) < 4.78 is 2.42. The average Bonchev–Trinajstić information content (AvgIpc) is 3.57. The van der Waals surface area contributed by atoms with E-state index in [1.54, 1.807) is 0 Å². The maximum absolute atomic E-state index is 4.98. The third-order valence-corrected chi connectivity index (χ3v) is 9.80. The first-order valence-corrected chi connectivity index (χ1v) is 17.2. The Balaban J connectivity index is 1.14. The fraction of sp³-hybridized carbons (Fsp3) is 0. The second kappa shape index (κ2) is 11.9. The lowest BCUT2D eigenvalue weighted by molar-refractivity contribution is 1.07. The number of hydrogen-bond acceptors (Lipinski definition) is 3. The van der Waals surface area contributed by atoms with Crippen molar-refractivity contribution in [3.8, 4) is 51.0 Å². The summed E-state index contributed by atoms with van der Waals surface area (Å²) in [5, 5.41) is 7.58. The number of rotatable bonds is 5. The highest BCUT2D eigenvalue weighted by atomic mass is 15.0. The third-order valence-electron chi connectivity index (χ3n) is 9.80. The van der Waals surface area contributed by atoms with E-state index < -0.39 is 0 Å². The molecule has 2 heterocycles. The Morgan fingerprint density at radius 3 is 1.31 bits per heavy atom. The van der Waals surface area contributed by atoms with Crippen molar-refractivity contribution in [1.82, 2.24) is 19.5 Å². The van der Waals surface area contributed by atoms with E-state index in [0.29, 0.717) is 17.5 Å². The van der Waals surface area contributed by atoms with Gasteiger partial charge in [0.1, 0.15) is 0 Å². The number of benzene rings is 8. The molecule has 10 aromatic rings. The minimum atomic E-state index is 0.641. The van der Waals surface area contributed by atoms with Crippen LogP contribution in [0.5, 0.6) is 0 Å². The zero-order chi connectivity index (χ0) is 33.7. The van der Waals surface area contributed by atoms with Crippen LogP contribution in [0.15, 0.2) is 182 Å². The van der Waals surface area contributed by atoms with E-state index in [1.807, 2.05) is 60.7 Å². The lowest BCUT2D eigenvalue weighted by Gasteiger charge is -2.12. The van der Waals surface area contributed by atoms with Crippen molar-refractivity contribution in [2.75, 3.05) is 0 Å². The van der Waals surface area contributed by atoms with Crippen LogP contribution in [-0.4, -0.2) is 19.5 Å². The Morgan fingerprint density at radius 1 is 0.314 bits per heavy atom. The van der Waals surface area contributed by atoms with Gasteiger partial charge in [0, 0.05) is 33.2 Å².